The lowest BCUT2D eigenvalue weighted by Crippen LogP contribution is -2.45. The molecule has 1 heterocycles. The summed E-state index contributed by atoms with van der Waals surface area (Å²) in [6.45, 7) is 11.5. The second-order valence-electron chi connectivity index (χ2n) is 6.81. The van der Waals surface area contributed by atoms with Crippen molar-refractivity contribution in [1.82, 2.24) is 30.7 Å². The number of hydrogen-bond acceptors (Lipinski definition) is 4. The van der Waals surface area contributed by atoms with E-state index in [9.17, 15) is 0 Å². The lowest BCUT2D eigenvalue weighted by Gasteiger charge is -2.30. The van der Waals surface area contributed by atoms with E-state index in [0.29, 0.717) is 18.6 Å². The first-order valence-electron chi connectivity index (χ1n) is 9.16. The van der Waals surface area contributed by atoms with E-state index < -0.39 is 0 Å². The minimum Gasteiger partial charge on any atom is -0.355 e. The van der Waals surface area contributed by atoms with Crippen molar-refractivity contribution >= 4 is 29.9 Å². The minimum atomic E-state index is 0. The predicted octanol–water partition coefficient (Wildman–Crippen LogP) is 2.87. The van der Waals surface area contributed by atoms with Crippen LogP contribution in [0.25, 0.3) is 11.4 Å². The minimum absolute atomic E-state index is 0. The highest BCUT2D eigenvalue weighted by Gasteiger charge is 2.12. The predicted molar refractivity (Wildman–Crippen MR) is 122 cm³/mol. The highest BCUT2D eigenvalue weighted by Crippen LogP contribution is 2.15. The summed E-state index contributed by atoms with van der Waals surface area (Å²) in [5.41, 5.74) is 2.18. The van der Waals surface area contributed by atoms with Gasteiger partial charge in [-0.3, -0.25) is 15.0 Å². The Morgan fingerprint density at radius 1 is 1.19 bits per heavy atom. The number of hydrogen-bond donors (Lipinski definition) is 3. The summed E-state index contributed by atoms with van der Waals surface area (Å²) in [7, 11) is 1.79. The van der Waals surface area contributed by atoms with E-state index in [1.165, 1.54) is 6.33 Å². The average molecular weight is 485 g/mol. The molecule has 7 nitrogen and oxygen atoms in total. The molecule has 0 saturated carbocycles. The van der Waals surface area contributed by atoms with Gasteiger partial charge < -0.3 is 10.6 Å². The van der Waals surface area contributed by atoms with Crippen LogP contribution in [-0.4, -0.2) is 58.3 Å². The van der Waals surface area contributed by atoms with Gasteiger partial charge in [-0.25, -0.2) is 4.98 Å². The van der Waals surface area contributed by atoms with Gasteiger partial charge in [-0.05, 0) is 39.3 Å². The van der Waals surface area contributed by atoms with Crippen LogP contribution in [0.15, 0.2) is 35.6 Å². The van der Waals surface area contributed by atoms with Crippen molar-refractivity contribution in [2.75, 3.05) is 20.1 Å². The number of H-pyrrole nitrogens is 1. The molecule has 0 aliphatic rings. The third kappa shape index (κ3) is 7.45. The lowest BCUT2D eigenvalue weighted by atomic mass is 10.1. The van der Waals surface area contributed by atoms with Crippen LogP contribution in [-0.2, 0) is 6.54 Å². The zero-order valence-electron chi connectivity index (χ0n) is 16.9. The average Bonchev–Trinajstić information content (AvgIpc) is 3.15. The molecule has 2 rings (SSSR count). The third-order valence-corrected chi connectivity index (χ3v) is 4.29. The van der Waals surface area contributed by atoms with E-state index >= 15 is 0 Å². The van der Waals surface area contributed by atoms with Gasteiger partial charge in [0.25, 0.3) is 0 Å². The van der Waals surface area contributed by atoms with Crippen molar-refractivity contribution in [3.05, 3.63) is 36.2 Å². The molecule has 27 heavy (non-hydrogen) atoms. The first kappa shape index (κ1) is 23.4. The van der Waals surface area contributed by atoms with Crippen molar-refractivity contribution in [2.45, 2.75) is 46.3 Å². The van der Waals surface area contributed by atoms with E-state index in [2.05, 4.69) is 75.5 Å². The van der Waals surface area contributed by atoms with Crippen LogP contribution in [0.1, 0.15) is 33.3 Å². The molecule has 0 saturated heterocycles. The molecular weight excluding hydrogens is 453 g/mol. The van der Waals surface area contributed by atoms with Crippen LogP contribution in [0.3, 0.4) is 0 Å². The Labute approximate surface area is 179 Å². The Balaban J connectivity index is 0.00000364. The molecule has 0 bridgehead atoms. The number of guanidine groups is 1. The highest BCUT2D eigenvalue weighted by atomic mass is 127. The molecule has 0 atom stereocenters. The van der Waals surface area contributed by atoms with Crippen molar-refractivity contribution in [2.24, 2.45) is 4.99 Å². The number of halogens is 1. The number of rotatable bonds is 8. The zero-order chi connectivity index (χ0) is 18.9. The lowest BCUT2D eigenvalue weighted by molar-refractivity contribution is 0.178. The Morgan fingerprint density at radius 3 is 2.52 bits per heavy atom. The van der Waals surface area contributed by atoms with Crippen molar-refractivity contribution in [3.8, 4) is 11.4 Å². The van der Waals surface area contributed by atoms with Gasteiger partial charge in [0.1, 0.15) is 6.33 Å². The molecule has 0 aliphatic carbocycles. The van der Waals surface area contributed by atoms with Crippen molar-refractivity contribution in [1.29, 1.82) is 0 Å². The van der Waals surface area contributed by atoms with Crippen LogP contribution in [0.5, 0.6) is 0 Å². The van der Waals surface area contributed by atoms with Crippen LogP contribution < -0.4 is 10.6 Å². The number of nitrogens with one attached hydrogen (secondary N) is 3. The fourth-order valence-electron chi connectivity index (χ4n) is 3.00. The molecular formula is C19H32IN7. The fraction of sp³-hybridized carbons (Fsp3) is 0.526. The zero-order valence-corrected chi connectivity index (χ0v) is 19.2. The van der Waals surface area contributed by atoms with Crippen LogP contribution in [0, 0.1) is 0 Å². The number of aromatic nitrogens is 3. The Hall–Kier alpha value is -1.68. The molecule has 0 aliphatic heterocycles. The largest absolute Gasteiger partial charge is 0.355 e. The summed E-state index contributed by atoms with van der Waals surface area (Å²) in [4.78, 5) is 11.0. The molecule has 2 aromatic rings. The molecule has 0 fully saturated rings. The van der Waals surface area contributed by atoms with Gasteiger partial charge in [-0.15, -0.1) is 24.0 Å². The first-order valence-corrected chi connectivity index (χ1v) is 9.16. The maximum atomic E-state index is 4.31. The maximum Gasteiger partial charge on any atom is 0.191 e. The molecule has 0 spiro atoms. The van der Waals surface area contributed by atoms with Gasteiger partial charge in [0.05, 0.1) is 0 Å². The summed E-state index contributed by atoms with van der Waals surface area (Å²) in [5, 5.41) is 13.5. The van der Waals surface area contributed by atoms with Gasteiger partial charge in [-0.1, -0.05) is 18.2 Å². The Kier molecular flexibility index (Phi) is 10.3. The summed E-state index contributed by atoms with van der Waals surface area (Å²) < 4.78 is 0. The molecule has 1 aromatic heterocycles. The molecule has 0 radical (unpaired) electrons. The van der Waals surface area contributed by atoms with Crippen molar-refractivity contribution < 1.29 is 0 Å². The van der Waals surface area contributed by atoms with Gasteiger partial charge >= 0.3 is 0 Å². The molecule has 1 aromatic carbocycles. The van der Waals surface area contributed by atoms with Crippen LogP contribution in [0.2, 0.25) is 0 Å². The summed E-state index contributed by atoms with van der Waals surface area (Å²) in [6, 6.07) is 9.29. The van der Waals surface area contributed by atoms with E-state index in [-0.39, 0.29) is 24.0 Å². The van der Waals surface area contributed by atoms with Gasteiger partial charge in [-0.2, -0.15) is 5.10 Å². The normalized spacial score (nSPS) is 11.8. The van der Waals surface area contributed by atoms with E-state index in [1.54, 1.807) is 7.05 Å². The molecule has 0 amide bonds. The van der Waals surface area contributed by atoms with E-state index in [0.717, 1.165) is 36.0 Å². The van der Waals surface area contributed by atoms with Gasteiger partial charge in [0.2, 0.25) is 0 Å². The van der Waals surface area contributed by atoms with Gasteiger partial charge in [0.15, 0.2) is 11.8 Å². The fourth-order valence-corrected chi connectivity index (χ4v) is 3.00. The SMILES string of the molecule is CN=C(NCCN(C(C)C)C(C)C)NCc1cccc(-c2ncn[nH]2)c1.I. The molecule has 8 heteroatoms. The third-order valence-electron chi connectivity index (χ3n) is 4.29. The summed E-state index contributed by atoms with van der Waals surface area (Å²) in [6.07, 6.45) is 1.52. The molecule has 0 unspecified atom stereocenters. The Bertz CT molecular complexity index is 675. The van der Waals surface area contributed by atoms with Crippen LogP contribution in [0.4, 0.5) is 0 Å². The smallest absolute Gasteiger partial charge is 0.191 e. The second kappa shape index (κ2) is 11.9. The topological polar surface area (TPSA) is 81.2 Å². The number of benzene rings is 1. The number of nitrogens with zero attached hydrogens (tertiary/aromatic N) is 4. The van der Waals surface area contributed by atoms with E-state index in [4.69, 9.17) is 0 Å². The Morgan fingerprint density at radius 2 is 1.93 bits per heavy atom. The van der Waals surface area contributed by atoms with Crippen LogP contribution >= 0.6 is 24.0 Å². The van der Waals surface area contributed by atoms with Crippen molar-refractivity contribution in [3.63, 3.8) is 0 Å². The van der Waals surface area contributed by atoms with E-state index in [1.807, 2.05) is 12.1 Å². The highest BCUT2D eigenvalue weighted by molar-refractivity contribution is 14.0. The van der Waals surface area contributed by atoms with Gasteiger partial charge in [0, 0.05) is 44.3 Å². The molecule has 3 N–H and O–H groups in total. The number of aromatic amines is 1. The summed E-state index contributed by atoms with van der Waals surface area (Å²) >= 11 is 0. The number of aliphatic imine (C=N–C) groups is 1. The maximum absolute atomic E-state index is 4.31. The molecule has 150 valence electrons. The summed E-state index contributed by atoms with van der Waals surface area (Å²) in [5.74, 6) is 1.58. The second-order valence-corrected chi connectivity index (χ2v) is 6.81. The monoisotopic (exact) mass is 485 g/mol. The standard InChI is InChI=1S/C19H31N7.HI/c1-14(2)26(15(3)4)10-9-21-19(20-5)22-12-16-7-6-8-17(11-16)18-23-13-24-25-18;/h6-8,11,13-15H,9-10,12H2,1-5H3,(H2,20,21,22)(H,23,24,25);1H. The first-order chi connectivity index (χ1) is 12.5. The quantitative estimate of drug-likeness (QED) is 0.305.